The Morgan fingerprint density at radius 3 is 2.55 bits per heavy atom. The van der Waals surface area contributed by atoms with E-state index in [0.29, 0.717) is 24.7 Å². The van der Waals surface area contributed by atoms with E-state index in [1.165, 1.54) is 26.0 Å². The Balaban J connectivity index is 1.74. The Morgan fingerprint density at radius 1 is 1.17 bits per heavy atom. The zero-order valence-electron chi connectivity index (χ0n) is 15.9. The van der Waals surface area contributed by atoms with Gasteiger partial charge in [0.15, 0.2) is 9.84 Å². The third kappa shape index (κ3) is 4.29. The predicted octanol–water partition coefficient (Wildman–Crippen LogP) is 3.06. The Bertz CT molecular complexity index is 1090. The number of benzene rings is 2. The van der Waals surface area contributed by atoms with Crippen molar-refractivity contribution in [3.63, 3.8) is 0 Å². The molecule has 0 fully saturated rings. The average Bonchev–Trinajstić information content (AvgIpc) is 3.07. The number of nitrogens with zero attached hydrogens (tertiary/aromatic N) is 1. The topological polar surface area (TPSA) is 83.6 Å². The van der Waals surface area contributed by atoms with E-state index in [0.717, 1.165) is 17.7 Å². The van der Waals surface area contributed by atoms with Gasteiger partial charge in [-0.15, -0.1) is 0 Å². The molecule has 1 heterocycles. The molecule has 0 bridgehead atoms. The highest BCUT2D eigenvalue weighted by Crippen LogP contribution is 2.31. The molecule has 0 saturated carbocycles. The van der Waals surface area contributed by atoms with Crippen LogP contribution >= 0.6 is 0 Å². The summed E-state index contributed by atoms with van der Waals surface area (Å²) in [7, 11) is -3.82. The van der Waals surface area contributed by atoms with Crippen LogP contribution in [0.2, 0.25) is 0 Å². The van der Waals surface area contributed by atoms with Crippen LogP contribution in [0.3, 0.4) is 0 Å². The van der Waals surface area contributed by atoms with Crippen molar-refractivity contribution in [1.82, 2.24) is 0 Å². The molecular weight excluding hydrogens is 402 g/mol. The molecule has 1 aliphatic rings. The summed E-state index contributed by atoms with van der Waals surface area (Å²) in [6.07, 6.45) is 0.160. The maximum Gasteiger partial charge on any atom is 0.225 e. The summed E-state index contributed by atoms with van der Waals surface area (Å²) in [4.78, 5) is 25.4. The minimum Gasteiger partial charge on any atom is -0.324 e. The molecule has 0 aromatic heterocycles. The third-order valence-electron chi connectivity index (χ3n) is 4.86. The zero-order chi connectivity index (χ0) is 21.3. The van der Waals surface area contributed by atoms with E-state index in [1.54, 1.807) is 11.0 Å². The van der Waals surface area contributed by atoms with Gasteiger partial charge >= 0.3 is 0 Å². The molecule has 9 heteroatoms. The second kappa shape index (κ2) is 7.90. The number of anilines is 2. The van der Waals surface area contributed by atoms with E-state index in [-0.39, 0.29) is 16.5 Å². The molecule has 0 saturated heterocycles. The average molecular weight is 422 g/mol. The highest BCUT2D eigenvalue weighted by Gasteiger charge is 2.29. The number of amides is 2. The Labute approximate surface area is 167 Å². The number of carbonyl (C=O) groups excluding carboxylic acids is 2. The largest absolute Gasteiger partial charge is 0.324 e. The Morgan fingerprint density at radius 2 is 1.90 bits per heavy atom. The van der Waals surface area contributed by atoms with Crippen LogP contribution in [0.25, 0.3) is 0 Å². The van der Waals surface area contributed by atoms with Crippen LogP contribution in [0.5, 0.6) is 0 Å². The van der Waals surface area contributed by atoms with Gasteiger partial charge in [-0.1, -0.05) is 0 Å². The van der Waals surface area contributed by atoms with Gasteiger partial charge in [-0.2, -0.15) is 0 Å². The van der Waals surface area contributed by atoms with E-state index < -0.39 is 39.0 Å². The molecule has 1 atom stereocenters. The summed E-state index contributed by atoms with van der Waals surface area (Å²) in [5.74, 6) is -2.54. The van der Waals surface area contributed by atoms with E-state index in [9.17, 15) is 26.8 Å². The highest BCUT2D eigenvalue weighted by atomic mass is 32.2. The second-order valence-corrected chi connectivity index (χ2v) is 9.31. The van der Waals surface area contributed by atoms with E-state index in [1.807, 2.05) is 0 Å². The van der Waals surface area contributed by atoms with Crippen molar-refractivity contribution in [3.05, 3.63) is 53.6 Å². The molecule has 3 rings (SSSR count). The van der Waals surface area contributed by atoms with Gasteiger partial charge in [0, 0.05) is 31.6 Å². The maximum absolute atomic E-state index is 13.7. The number of carbonyl (C=O) groups is 2. The molecule has 154 valence electrons. The summed E-state index contributed by atoms with van der Waals surface area (Å²) in [6, 6.07) is 7.24. The van der Waals surface area contributed by atoms with E-state index >= 15 is 0 Å². The van der Waals surface area contributed by atoms with Crippen molar-refractivity contribution in [2.45, 2.75) is 36.8 Å². The number of sulfone groups is 1. The number of nitrogens with one attached hydrogen (secondary N) is 1. The lowest BCUT2D eigenvalue weighted by molar-refractivity contribution is -0.117. The number of hydrogen-bond donors (Lipinski definition) is 1. The van der Waals surface area contributed by atoms with Crippen molar-refractivity contribution in [2.24, 2.45) is 0 Å². The van der Waals surface area contributed by atoms with Crippen LogP contribution in [0.1, 0.15) is 25.8 Å². The molecule has 0 radical (unpaired) electrons. The highest BCUT2D eigenvalue weighted by molar-refractivity contribution is 7.92. The molecule has 2 aromatic carbocycles. The second-order valence-electron chi connectivity index (χ2n) is 6.94. The van der Waals surface area contributed by atoms with Gasteiger partial charge in [-0.3, -0.25) is 9.59 Å². The SMILES string of the molecule is CC(=O)N1CCc2cc(S(=O)(=O)[C@H](C)CC(=O)Nc3ccc(F)cc3F)ccc21. The number of hydrogen-bond acceptors (Lipinski definition) is 4. The molecular formula is C20H20F2N2O4S. The van der Waals surface area contributed by atoms with Crippen LogP contribution < -0.4 is 10.2 Å². The van der Waals surface area contributed by atoms with Crippen molar-refractivity contribution in [1.29, 1.82) is 0 Å². The van der Waals surface area contributed by atoms with Gasteiger partial charge in [0.2, 0.25) is 11.8 Å². The smallest absolute Gasteiger partial charge is 0.225 e. The molecule has 6 nitrogen and oxygen atoms in total. The van der Waals surface area contributed by atoms with Crippen molar-refractivity contribution >= 4 is 33.0 Å². The molecule has 2 amide bonds. The monoisotopic (exact) mass is 422 g/mol. The van der Waals surface area contributed by atoms with Gasteiger partial charge in [-0.05, 0) is 49.2 Å². The number of fused-ring (bicyclic) bond motifs is 1. The van der Waals surface area contributed by atoms with Crippen LogP contribution in [-0.2, 0) is 25.8 Å². The van der Waals surface area contributed by atoms with Crippen molar-refractivity contribution in [2.75, 3.05) is 16.8 Å². The number of rotatable bonds is 5. The standard InChI is InChI=1S/C20H20F2N2O4S/c1-12(9-20(26)23-18-5-3-15(21)11-17(18)22)29(27,28)16-4-6-19-14(10-16)7-8-24(19)13(2)25/h3-6,10-12H,7-9H2,1-2H3,(H,23,26)/t12-/m1/s1. The molecule has 2 aromatic rings. The summed E-state index contributed by atoms with van der Waals surface area (Å²) < 4.78 is 52.3. The summed E-state index contributed by atoms with van der Waals surface area (Å²) in [5, 5.41) is 1.20. The summed E-state index contributed by atoms with van der Waals surface area (Å²) in [6.45, 7) is 3.34. The van der Waals surface area contributed by atoms with Crippen LogP contribution in [0.15, 0.2) is 41.3 Å². The molecule has 0 aliphatic carbocycles. The fraction of sp³-hybridized carbons (Fsp3) is 0.300. The van der Waals surface area contributed by atoms with Crippen LogP contribution in [0, 0.1) is 11.6 Å². The maximum atomic E-state index is 13.7. The van der Waals surface area contributed by atoms with Crippen molar-refractivity contribution in [3.8, 4) is 0 Å². The molecule has 0 spiro atoms. The van der Waals surface area contributed by atoms with Gasteiger partial charge in [-0.25, -0.2) is 17.2 Å². The minimum atomic E-state index is -3.82. The minimum absolute atomic E-state index is 0.0647. The summed E-state index contributed by atoms with van der Waals surface area (Å²) in [5.41, 5.74) is 1.22. The fourth-order valence-electron chi connectivity index (χ4n) is 3.28. The Kier molecular flexibility index (Phi) is 5.70. The van der Waals surface area contributed by atoms with Gasteiger partial charge in [0.1, 0.15) is 11.6 Å². The molecule has 29 heavy (non-hydrogen) atoms. The van der Waals surface area contributed by atoms with Gasteiger partial charge in [0.25, 0.3) is 0 Å². The number of halogens is 2. The predicted molar refractivity (Wildman–Crippen MR) is 104 cm³/mol. The molecule has 0 unspecified atom stereocenters. The van der Waals surface area contributed by atoms with Crippen molar-refractivity contribution < 1.29 is 26.8 Å². The quantitative estimate of drug-likeness (QED) is 0.803. The normalized spacial score (nSPS) is 14.4. The van der Waals surface area contributed by atoms with Crippen LogP contribution in [-0.4, -0.2) is 32.0 Å². The lowest BCUT2D eigenvalue weighted by Crippen LogP contribution is -2.26. The first-order chi connectivity index (χ1) is 13.6. The van der Waals surface area contributed by atoms with Crippen LogP contribution in [0.4, 0.5) is 20.2 Å². The third-order valence-corrected chi connectivity index (χ3v) is 7.00. The Hall–Kier alpha value is -2.81. The first-order valence-corrected chi connectivity index (χ1v) is 10.5. The van der Waals surface area contributed by atoms with Gasteiger partial charge < -0.3 is 10.2 Å². The molecule has 1 N–H and O–H groups in total. The first-order valence-electron chi connectivity index (χ1n) is 8.99. The molecule has 1 aliphatic heterocycles. The van der Waals surface area contributed by atoms with E-state index in [4.69, 9.17) is 0 Å². The van der Waals surface area contributed by atoms with E-state index in [2.05, 4.69) is 5.32 Å². The lowest BCUT2D eigenvalue weighted by Gasteiger charge is -2.16. The first kappa shape index (κ1) is 20.9. The zero-order valence-corrected chi connectivity index (χ0v) is 16.7. The lowest BCUT2D eigenvalue weighted by atomic mass is 10.2. The van der Waals surface area contributed by atoms with Gasteiger partial charge in [0.05, 0.1) is 15.8 Å². The fourth-order valence-corrected chi connectivity index (χ4v) is 4.68. The summed E-state index contributed by atoms with van der Waals surface area (Å²) >= 11 is 0.